The quantitative estimate of drug-likeness (QED) is 0.847. The minimum atomic E-state index is -0.555. The van der Waals surface area contributed by atoms with Gasteiger partial charge in [0, 0.05) is 18.0 Å². The summed E-state index contributed by atoms with van der Waals surface area (Å²) in [5, 5.41) is 2.65. The van der Waals surface area contributed by atoms with Crippen molar-refractivity contribution in [2.45, 2.75) is 45.8 Å². The third-order valence-corrected chi connectivity index (χ3v) is 2.65. The fraction of sp³-hybridized carbons (Fsp3) is 0.500. The van der Waals surface area contributed by atoms with Crippen molar-refractivity contribution < 1.29 is 19.1 Å². The Kier molecular flexibility index (Phi) is 5.76. The molecule has 0 heterocycles. The maximum absolute atomic E-state index is 12.1. The van der Waals surface area contributed by atoms with Crippen LogP contribution in [-0.4, -0.2) is 30.6 Å². The fourth-order valence-electron chi connectivity index (χ4n) is 1.75. The van der Waals surface area contributed by atoms with Gasteiger partial charge in [-0.1, -0.05) is 12.1 Å². The van der Waals surface area contributed by atoms with Crippen LogP contribution >= 0.6 is 0 Å². The van der Waals surface area contributed by atoms with Gasteiger partial charge in [-0.2, -0.15) is 0 Å². The Morgan fingerprint density at radius 3 is 2.52 bits per heavy atom. The third-order valence-electron chi connectivity index (χ3n) is 2.65. The second-order valence-electron chi connectivity index (χ2n) is 5.91. The number of rotatable bonds is 5. The van der Waals surface area contributed by atoms with Crippen molar-refractivity contribution in [3.8, 4) is 5.75 Å². The standard InChI is InChI=1S/C16H23NO4/c1-11(17-15(19)21-16(2,3)4)9-14(18)12-7-6-8-13(10-12)20-5/h6-8,10-11H,9H2,1-5H3,(H,17,19). The molecule has 0 aliphatic carbocycles. The van der Waals surface area contributed by atoms with Gasteiger partial charge in [0.15, 0.2) is 5.78 Å². The lowest BCUT2D eigenvalue weighted by Gasteiger charge is -2.21. The van der Waals surface area contributed by atoms with Crippen LogP contribution < -0.4 is 10.1 Å². The van der Waals surface area contributed by atoms with E-state index >= 15 is 0 Å². The van der Waals surface area contributed by atoms with Gasteiger partial charge >= 0.3 is 6.09 Å². The van der Waals surface area contributed by atoms with Crippen molar-refractivity contribution in [1.29, 1.82) is 0 Å². The molecule has 21 heavy (non-hydrogen) atoms. The number of hydrogen-bond donors (Lipinski definition) is 1. The molecule has 1 amide bonds. The lowest BCUT2D eigenvalue weighted by atomic mass is 10.0. The highest BCUT2D eigenvalue weighted by molar-refractivity contribution is 5.97. The second-order valence-corrected chi connectivity index (χ2v) is 5.91. The molecule has 1 atom stereocenters. The summed E-state index contributed by atoms with van der Waals surface area (Å²) in [6, 6.07) is 6.64. The topological polar surface area (TPSA) is 64.6 Å². The Labute approximate surface area is 125 Å². The fourth-order valence-corrected chi connectivity index (χ4v) is 1.75. The van der Waals surface area contributed by atoms with Gasteiger partial charge in [0.2, 0.25) is 0 Å². The summed E-state index contributed by atoms with van der Waals surface area (Å²) in [5.74, 6) is 0.575. The lowest BCUT2D eigenvalue weighted by Crippen LogP contribution is -2.38. The zero-order valence-electron chi connectivity index (χ0n) is 13.2. The number of Topliss-reactive ketones (excluding diaryl/α,β-unsaturated/α-hetero) is 1. The number of hydrogen-bond acceptors (Lipinski definition) is 4. The zero-order chi connectivity index (χ0) is 16.0. The van der Waals surface area contributed by atoms with E-state index in [0.717, 1.165) is 0 Å². The normalized spacial score (nSPS) is 12.4. The van der Waals surface area contributed by atoms with Gasteiger partial charge in [-0.25, -0.2) is 4.79 Å². The van der Waals surface area contributed by atoms with Gasteiger partial charge in [-0.15, -0.1) is 0 Å². The first-order chi connectivity index (χ1) is 9.71. The van der Waals surface area contributed by atoms with Crippen LogP contribution in [0.5, 0.6) is 5.75 Å². The molecule has 0 aromatic heterocycles. The minimum Gasteiger partial charge on any atom is -0.497 e. The maximum atomic E-state index is 12.1. The van der Waals surface area contributed by atoms with E-state index in [2.05, 4.69) is 5.32 Å². The number of amides is 1. The molecule has 0 aliphatic heterocycles. The van der Waals surface area contributed by atoms with Crippen LogP contribution in [0, 0.1) is 0 Å². The number of carbonyl (C=O) groups is 2. The molecule has 1 aromatic rings. The van der Waals surface area contributed by atoms with Gasteiger partial charge in [0.05, 0.1) is 7.11 Å². The molecule has 0 spiro atoms. The van der Waals surface area contributed by atoms with Crippen molar-refractivity contribution >= 4 is 11.9 Å². The zero-order valence-corrected chi connectivity index (χ0v) is 13.2. The first kappa shape index (κ1) is 17.0. The van der Waals surface area contributed by atoms with Gasteiger partial charge in [-0.3, -0.25) is 4.79 Å². The molecule has 5 nitrogen and oxygen atoms in total. The molecule has 0 radical (unpaired) electrons. The molecule has 0 fully saturated rings. The van der Waals surface area contributed by atoms with Crippen LogP contribution in [0.25, 0.3) is 0 Å². The predicted molar refractivity (Wildman–Crippen MR) is 80.8 cm³/mol. The largest absolute Gasteiger partial charge is 0.497 e. The summed E-state index contributed by atoms with van der Waals surface area (Å²) in [4.78, 5) is 23.8. The van der Waals surface area contributed by atoms with E-state index in [1.54, 1.807) is 59.1 Å². The van der Waals surface area contributed by atoms with Crippen LogP contribution in [0.4, 0.5) is 4.79 Å². The number of ether oxygens (including phenoxy) is 2. The van der Waals surface area contributed by atoms with E-state index in [1.165, 1.54) is 0 Å². The summed E-state index contributed by atoms with van der Waals surface area (Å²) in [7, 11) is 1.55. The summed E-state index contributed by atoms with van der Waals surface area (Å²) >= 11 is 0. The second kappa shape index (κ2) is 7.11. The summed E-state index contributed by atoms with van der Waals surface area (Å²) in [5.41, 5.74) is 0.00726. The summed E-state index contributed by atoms with van der Waals surface area (Å²) < 4.78 is 10.2. The minimum absolute atomic E-state index is 0.0579. The first-order valence-corrected chi connectivity index (χ1v) is 6.88. The average Bonchev–Trinajstić information content (AvgIpc) is 2.36. The third kappa shape index (κ3) is 6.29. The Morgan fingerprint density at radius 2 is 1.95 bits per heavy atom. The molecule has 0 bridgehead atoms. The van der Waals surface area contributed by atoms with Crippen molar-refractivity contribution in [2.24, 2.45) is 0 Å². The maximum Gasteiger partial charge on any atom is 0.407 e. The van der Waals surface area contributed by atoms with Crippen molar-refractivity contribution in [3.05, 3.63) is 29.8 Å². The van der Waals surface area contributed by atoms with Crippen LogP contribution in [0.15, 0.2) is 24.3 Å². The molecule has 0 saturated carbocycles. The molecule has 1 aromatic carbocycles. The highest BCUT2D eigenvalue weighted by Crippen LogP contribution is 2.15. The molecular weight excluding hydrogens is 270 g/mol. The Hall–Kier alpha value is -2.04. The Bertz CT molecular complexity index is 505. The monoisotopic (exact) mass is 293 g/mol. The lowest BCUT2D eigenvalue weighted by molar-refractivity contribution is 0.0506. The number of ketones is 1. The Morgan fingerprint density at radius 1 is 1.29 bits per heavy atom. The van der Waals surface area contributed by atoms with Crippen molar-refractivity contribution in [3.63, 3.8) is 0 Å². The number of nitrogens with one attached hydrogen (secondary N) is 1. The van der Waals surface area contributed by atoms with Crippen molar-refractivity contribution in [1.82, 2.24) is 5.32 Å². The SMILES string of the molecule is COc1cccc(C(=O)CC(C)NC(=O)OC(C)(C)C)c1. The Balaban J connectivity index is 2.56. The smallest absolute Gasteiger partial charge is 0.407 e. The molecule has 1 rings (SSSR count). The van der Waals surface area contributed by atoms with Gasteiger partial charge in [0.1, 0.15) is 11.4 Å². The van der Waals surface area contributed by atoms with Crippen LogP contribution in [0.3, 0.4) is 0 Å². The molecule has 0 saturated heterocycles. The van der Waals surface area contributed by atoms with E-state index < -0.39 is 11.7 Å². The highest BCUT2D eigenvalue weighted by atomic mass is 16.6. The van der Waals surface area contributed by atoms with Gasteiger partial charge in [-0.05, 0) is 39.8 Å². The molecule has 1 unspecified atom stereocenters. The van der Waals surface area contributed by atoms with Crippen LogP contribution in [-0.2, 0) is 4.74 Å². The van der Waals surface area contributed by atoms with Gasteiger partial charge in [0.25, 0.3) is 0 Å². The van der Waals surface area contributed by atoms with Crippen LogP contribution in [0.1, 0.15) is 44.5 Å². The van der Waals surface area contributed by atoms with E-state index in [4.69, 9.17) is 9.47 Å². The molecule has 0 aliphatic rings. The van der Waals surface area contributed by atoms with Crippen molar-refractivity contribution in [2.75, 3.05) is 7.11 Å². The molecular formula is C16H23NO4. The van der Waals surface area contributed by atoms with E-state index in [-0.39, 0.29) is 18.2 Å². The number of alkyl carbamates (subject to hydrolysis) is 1. The predicted octanol–water partition coefficient (Wildman–Crippen LogP) is 3.18. The molecule has 5 heteroatoms. The van der Waals surface area contributed by atoms with E-state index in [1.807, 2.05) is 0 Å². The average molecular weight is 293 g/mol. The summed E-state index contributed by atoms with van der Waals surface area (Å²) in [6.45, 7) is 7.14. The number of methoxy groups -OCH3 is 1. The molecule has 116 valence electrons. The van der Waals surface area contributed by atoms with E-state index in [0.29, 0.717) is 11.3 Å². The molecule has 1 N–H and O–H groups in total. The van der Waals surface area contributed by atoms with E-state index in [9.17, 15) is 9.59 Å². The number of benzene rings is 1. The highest BCUT2D eigenvalue weighted by Gasteiger charge is 2.19. The summed E-state index contributed by atoms with van der Waals surface area (Å²) in [6.07, 6.45) is -0.319. The van der Waals surface area contributed by atoms with Gasteiger partial charge < -0.3 is 14.8 Å². The van der Waals surface area contributed by atoms with Crippen LogP contribution in [0.2, 0.25) is 0 Å². The first-order valence-electron chi connectivity index (χ1n) is 6.88. The number of carbonyl (C=O) groups excluding carboxylic acids is 2.